The number of aliphatic hydroxyl groups is 2. The molecule has 0 aromatic heterocycles. The fraction of sp³-hybridized carbons (Fsp3) is 0.800. The average Bonchev–Trinajstić information content (AvgIpc) is 3.10. The molecule has 182 valence electrons. The van der Waals surface area contributed by atoms with Crippen LogP contribution < -0.4 is 0 Å². The van der Waals surface area contributed by atoms with E-state index in [4.69, 9.17) is 5.11 Å². The van der Waals surface area contributed by atoms with Crippen molar-refractivity contribution in [1.29, 1.82) is 0 Å². The van der Waals surface area contributed by atoms with E-state index in [1.54, 1.807) is 12.5 Å². The Bertz CT molecular complexity index is 731. The van der Waals surface area contributed by atoms with Gasteiger partial charge in [0.25, 0.3) is 0 Å². The zero-order chi connectivity index (χ0) is 23.7. The summed E-state index contributed by atoms with van der Waals surface area (Å²) < 4.78 is 0. The summed E-state index contributed by atoms with van der Waals surface area (Å²) in [5.41, 5.74) is 4.07. The highest BCUT2D eigenvalue weighted by Gasteiger charge is 2.56. The molecule has 0 aliphatic heterocycles. The molecule has 4 aliphatic carbocycles. The molecular weight excluding hydrogens is 392 g/mol. The van der Waals surface area contributed by atoms with Crippen molar-refractivity contribution in [2.24, 2.45) is 46.3 Å². The summed E-state index contributed by atoms with van der Waals surface area (Å²) in [4.78, 5) is 0. The van der Waals surface area contributed by atoms with E-state index in [9.17, 15) is 5.11 Å². The van der Waals surface area contributed by atoms with Crippen molar-refractivity contribution >= 4 is 0 Å². The zero-order valence-corrected chi connectivity index (χ0v) is 21.9. The standard InChI is InChI=1S/C28H44O.C2H6O/c1-18(2)19(3)7-8-20(4)24-11-12-25-23-10-9-21-17-22(29)13-15-27(21,5)26(23)14-16-28(24,25)6;1-2-3/h7-10,18-20,22,24-26,29H,11-17H2,1-6H3;3H,2H2,1H3/b8-7+;/t19-,20+,22-,24+,25-,26-,27-,28+;/m0./s1. The minimum absolute atomic E-state index is 0.116. The molecule has 2 nitrogen and oxygen atoms in total. The third-order valence-corrected chi connectivity index (χ3v) is 10.0. The molecule has 0 spiro atoms. The van der Waals surface area contributed by atoms with Crippen LogP contribution in [0.4, 0.5) is 0 Å². The van der Waals surface area contributed by atoms with Crippen LogP contribution in [0.5, 0.6) is 0 Å². The van der Waals surface area contributed by atoms with Gasteiger partial charge in [0.2, 0.25) is 0 Å². The van der Waals surface area contributed by atoms with Gasteiger partial charge in [-0.05, 0) is 98.2 Å². The smallest absolute Gasteiger partial charge is 0.0578 e. The number of fused-ring (bicyclic) bond motifs is 5. The second-order valence-corrected chi connectivity index (χ2v) is 12.2. The first-order valence-electron chi connectivity index (χ1n) is 13.5. The second-order valence-electron chi connectivity index (χ2n) is 12.2. The molecule has 0 heterocycles. The maximum atomic E-state index is 10.2. The Labute approximate surface area is 198 Å². The molecule has 4 aliphatic rings. The fourth-order valence-corrected chi connectivity index (χ4v) is 7.59. The monoisotopic (exact) mass is 442 g/mol. The molecule has 0 unspecified atom stereocenters. The normalized spacial score (nSPS) is 40.4. The summed E-state index contributed by atoms with van der Waals surface area (Å²) in [5, 5.41) is 17.8. The largest absolute Gasteiger partial charge is 0.397 e. The molecule has 0 radical (unpaired) electrons. The van der Waals surface area contributed by atoms with Crippen LogP contribution in [0, 0.1) is 46.3 Å². The lowest BCUT2D eigenvalue weighted by Crippen LogP contribution is -2.46. The summed E-state index contributed by atoms with van der Waals surface area (Å²) in [5.74, 6) is 4.38. The van der Waals surface area contributed by atoms with Crippen LogP contribution in [-0.2, 0) is 0 Å². The Morgan fingerprint density at radius 1 is 0.969 bits per heavy atom. The van der Waals surface area contributed by atoms with E-state index in [0.29, 0.717) is 22.7 Å². The van der Waals surface area contributed by atoms with Crippen LogP contribution >= 0.6 is 0 Å². The predicted molar refractivity (Wildman–Crippen MR) is 136 cm³/mol. The molecule has 8 atom stereocenters. The summed E-state index contributed by atoms with van der Waals surface area (Å²) in [6, 6.07) is 0. The van der Waals surface area contributed by atoms with E-state index in [1.807, 2.05) is 0 Å². The summed E-state index contributed by atoms with van der Waals surface area (Å²) >= 11 is 0. The molecule has 3 fully saturated rings. The van der Waals surface area contributed by atoms with Gasteiger partial charge in [0.15, 0.2) is 0 Å². The fourth-order valence-electron chi connectivity index (χ4n) is 7.59. The van der Waals surface area contributed by atoms with E-state index in [-0.39, 0.29) is 12.7 Å². The lowest BCUT2D eigenvalue weighted by Gasteiger charge is -2.55. The molecule has 2 N–H and O–H groups in total. The van der Waals surface area contributed by atoms with Crippen LogP contribution in [0.2, 0.25) is 0 Å². The van der Waals surface area contributed by atoms with Gasteiger partial charge < -0.3 is 10.2 Å². The molecule has 0 saturated heterocycles. The van der Waals surface area contributed by atoms with Crippen molar-refractivity contribution in [2.75, 3.05) is 6.61 Å². The SMILES string of the molecule is CC(C)[C@@H](C)/C=C/[C@@H](C)[C@H]1CC[C@H]2C3=CC=C4C[C@@H](O)CC[C@]4(C)[C@H]3CC[C@]12C.CCO. The predicted octanol–water partition coefficient (Wildman–Crippen LogP) is 7.33. The van der Waals surface area contributed by atoms with Gasteiger partial charge in [0.1, 0.15) is 0 Å². The number of aliphatic hydroxyl groups excluding tert-OH is 2. The van der Waals surface area contributed by atoms with Crippen molar-refractivity contribution in [3.05, 3.63) is 35.5 Å². The van der Waals surface area contributed by atoms with E-state index in [0.717, 1.165) is 36.5 Å². The minimum Gasteiger partial charge on any atom is -0.397 e. The van der Waals surface area contributed by atoms with Crippen LogP contribution in [0.1, 0.15) is 93.4 Å². The van der Waals surface area contributed by atoms with Crippen molar-refractivity contribution in [3.8, 4) is 0 Å². The number of hydrogen-bond acceptors (Lipinski definition) is 2. The van der Waals surface area contributed by atoms with Gasteiger partial charge in [-0.25, -0.2) is 0 Å². The van der Waals surface area contributed by atoms with Gasteiger partial charge in [0.05, 0.1) is 6.10 Å². The Balaban J connectivity index is 0.000000913. The summed E-state index contributed by atoms with van der Waals surface area (Å²) in [6.07, 6.45) is 18.4. The van der Waals surface area contributed by atoms with Crippen molar-refractivity contribution in [3.63, 3.8) is 0 Å². The van der Waals surface area contributed by atoms with Crippen LogP contribution in [-0.4, -0.2) is 22.9 Å². The first kappa shape index (κ1) is 25.8. The molecule has 32 heavy (non-hydrogen) atoms. The quantitative estimate of drug-likeness (QED) is 0.447. The van der Waals surface area contributed by atoms with E-state index in [1.165, 1.54) is 37.7 Å². The second kappa shape index (κ2) is 10.2. The van der Waals surface area contributed by atoms with Gasteiger partial charge in [-0.1, -0.05) is 77.0 Å². The topological polar surface area (TPSA) is 40.5 Å². The number of rotatable bonds is 4. The Morgan fingerprint density at radius 3 is 2.31 bits per heavy atom. The van der Waals surface area contributed by atoms with Gasteiger partial charge in [-0.3, -0.25) is 0 Å². The Hall–Kier alpha value is -0.860. The highest BCUT2D eigenvalue weighted by Crippen LogP contribution is 2.65. The lowest BCUT2D eigenvalue weighted by atomic mass is 9.50. The lowest BCUT2D eigenvalue weighted by molar-refractivity contribution is 0.0382. The third-order valence-electron chi connectivity index (χ3n) is 10.0. The first-order valence-corrected chi connectivity index (χ1v) is 13.5. The molecule has 2 heteroatoms. The first-order chi connectivity index (χ1) is 15.1. The average molecular weight is 443 g/mol. The molecular formula is C30H50O2. The van der Waals surface area contributed by atoms with Crippen molar-refractivity contribution < 1.29 is 10.2 Å². The molecule has 3 saturated carbocycles. The van der Waals surface area contributed by atoms with Crippen LogP contribution in [0.3, 0.4) is 0 Å². The zero-order valence-electron chi connectivity index (χ0n) is 21.9. The van der Waals surface area contributed by atoms with E-state index < -0.39 is 0 Å². The van der Waals surface area contributed by atoms with Crippen LogP contribution in [0.15, 0.2) is 35.5 Å². The molecule has 0 amide bonds. The van der Waals surface area contributed by atoms with Gasteiger partial charge in [-0.15, -0.1) is 0 Å². The van der Waals surface area contributed by atoms with E-state index >= 15 is 0 Å². The highest BCUT2D eigenvalue weighted by atomic mass is 16.3. The number of allylic oxidation sites excluding steroid dienone is 5. The molecule has 0 aromatic carbocycles. The molecule has 0 aromatic rings. The maximum Gasteiger partial charge on any atom is 0.0578 e. The minimum atomic E-state index is -0.116. The Morgan fingerprint density at radius 2 is 1.66 bits per heavy atom. The van der Waals surface area contributed by atoms with Gasteiger partial charge >= 0.3 is 0 Å². The van der Waals surface area contributed by atoms with Crippen LogP contribution in [0.25, 0.3) is 0 Å². The maximum absolute atomic E-state index is 10.2. The van der Waals surface area contributed by atoms with Gasteiger partial charge in [0, 0.05) is 6.61 Å². The Kier molecular flexibility index (Phi) is 8.19. The molecule has 0 bridgehead atoms. The van der Waals surface area contributed by atoms with E-state index in [2.05, 4.69) is 65.8 Å². The summed E-state index contributed by atoms with van der Waals surface area (Å²) in [7, 11) is 0. The van der Waals surface area contributed by atoms with Crippen molar-refractivity contribution in [1.82, 2.24) is 0 Å². The number of hydrogen-bond donors (Lipinski definition) is 2. The van der Waals surface area contributed by atoms with Gasteiger partial charge in [-0.2, -0.15) is 0 Å². The third kappa shape index (κ3) is 4.69. The molecule has 4 rings (SSSR count). The highest BCUT2D eigenvalue weighted by molar-refractivity contribution is 5.39. The van der Waals surface area contributed by atoms with Crippen molar-refractivity contribution in [2.45, 2.75) is 99.5 Å². The summed E-state index contributed by atoms with van der Waals surface area (Å²) in [6.45, 7) is 16.6.